The predicted molar refractivity (Wildman–Crippen MR) is 110 cm³/mol. The Labute approximate surface area is 164 Å². The monoisotopic (exact) mass is 374 g/mol. The van der Waals surface area contributed by atoms with Crippen LogP contribution in [0.5, 0.6) is 11.5 Å². The minimum absolute atomic E-state index is 0.00699. The van der Waals surface area contributed by atoms with Crippen LogP contribution >= 0.6 is 0 Å². The molecule has 0 fully saturated rings. The van der Waals surface area contributed by atoms with E-state index < -0.39 is 0 Å². The highest BCUT2D eigenvalue weighted by atomic mass is 16.5. The van der Waals surface area contributed by atoms with E-state index in [-0.39, 0.29) is 11.9 Å². The lowest BCUT2D eigenvalue weighted by atomic mass is 10.0. The van der Waals surface area contributed by atoms with Crippen LogP contribution in [0.1, 0.15) is 22.0 Å². The van der Waals surface area contributed by atoms with Gasteiger partial charge in [0.15, 0.2) is 0 Å². The average molecular weight is 374 g/mol. The molecule has 3 aromatic rings. The van der Waals surface area contributed by atoms with Crippen LogP contribution in [0.4, 0.5) is 11.4 Å². The van der Waals surface area contributed by atoms with Gasteiger partial charge in [0.2, 0.25) is 0 Å². The molecule has 0 spiro atoms. The molecule has 0 bridgehead atoms. The Morgan fingerprint density at radius 1 is 0.929 bits per heavy atom. The molecule has 5 heteroatoms. The van der Waals surface area contributed by atoms with Crippen LogP contribution in [0.2, 0.25) is 0 Å². The zero-order chi connectivity index (χ0) is 19.5. The number of ether oxygens (including phenoxy) is 2. The Morgan fingerprint density at radius 2 is 1.57 bits per heavy atom. The van der Waals surface area contributed by atoms with E-state index in [0.717, 1.165) is 16.9 Å². The summed E-state index contributed by atoms with van der Waals surface area (Å²) >= 11 is 0. The van der Waals surface area contributed by atoms with Gasteiger partial charge in [0.1, 0.15) is 11.5 Å². The SMILES string of the molecule is COc1cc(OC)cc(C(=O)N2CC(c3ccccc3)Nc3ccccc32)c1. The van der Waals surface area contributed by atoms with Crippen LogP contribution in [0.25, 0.3) is 0 Å². The summed E-state index contributed by atoms with van der Waals surface area (Å²) in [5.74, 6) is 1.09. The number of methoxy groups -OCH3 is 2. The number of amides is 1. The van der Waals surface area contributed by atoms with Crippen LogP contribution in [0.15, 0.2) is 72.8 Å². The molecular weight excluding hydrogens is 352 g/mol. The minimum atomic E-state index is -0.0907. The van der Waals surface area contributed by atoms with Crippen molar-refractivity contribution in [2.75, 3.05) is 31.0 Å². The molecule has 1 atom stereocenters. The number of carbonyl (C=O) groups excluding carboxylic acids is 1. The van der Waals surface area contributed by atoms with Crippen LogP contribution < -0.4 is 19.7 Å². The van der Waals surface area contributed by atoms with Crippen LogP contribution in [0.3, 0.4) is 0 Å². The largest absolute Gasteiger partial charge is 0.497 e. The number of nitrogens with one attached hydrogen (secondary N) is 1. The molecule has 1 aliphatic rings. The molecule has 0 aliphatic carbocycles. The van der Waals surface area contributed by atoms with Gasteiger partial charge in [-0.05, 0) is 29.8 Å². The van der Waals surface area contributed by atoms with E-state index >= 15 is 0 Å². The zero-order valence-corrected chi connectivity index (χ0v) is 15.9. The number of rotatable bonds is 4. The van der Waals surface area contributed by atoms with Crippen molar-refractivity contribution in [3.8, 4) is 11.5 Å². The second-order valence-electron chi connectivity index (χ2n) is 6.64. The van der Waals surface area contributed by atoms with Crippen LogP contribution in [-0.2, 0) is 0 Å². The van der Waals surface area contributed by atoms with Crippen molar-refractivity contribution in [2.45, 2.75) is 6.04 Å². The maximum Gasteiger partial charge on any atom is 0.258 e. The summed E-state index contributed by atoms with van der Waals surface area (Å²) in [7, 11) is 3.16. The molecule has 0 radical (unpaired) electrons. The van der Waals surface area contributed by atoms with E-state index in [9.17, 15) is 4.79 Å². The number of anilines is 2. The molecular formula is C23H22N2O3. The fourth-order valence-electron chi connectivity index (χ4n) is 3.50. The highest BCUT2D eigenvalue weighted by Crippen LogP contribution is 2.37. The van der Waals surface area contributed by atoms with E-state index in [4.69, 9.17) is 9.47 Å². The molecule has 0 aromatic heterocycles. The van der Waals surface area contributed by atoms with Crippen molar-refractivity contribution in [3.63, 3.8) is 0 Å². The average Bonchev–Trinajstić information content (AvgIpc) is 2.78. The molecule has 28 heavy (non-hydrogen) atoms. The van der Waals surface area contributed by atoms with Gasteiger partial charge in [0.05, 0.1) is 38.2 Å². The van der Waals surface area contributed by atoms with Gasteiger partial charge >= 0.3 is 0 Å². The van der Waals surface area contributed by atoms with E-state index in [1.54, 1.807) is 32.4 Å². The third-order valence-electron chi connectivity index (χ3n) is 4.94. The molecule has 0 saturated heterocycles. The number of hydrogen-bond donors (Lipinski definition) is 1. The Bertz CT molecular complexity index is 966. The maximum atomic E-state index is 13.5. The highest BCUT2D eigenvalue weighted by Gasteiger charge is 2.29. The summed E-state index contributed by atoms with van der Waals surface area (Å²) in [6.07, 6.45) is 0. The summed E-state index contributed by atoms with van der Waals surface area (Å²) in [5.41, 5.74) is 3.46. The van der Waals surface area contributed by atoms with Crippen molar-refractivity contribution >= 4 is 17.3 Å². The van der Waals surface area contributed by atoms with Crippen LogP contribution in [0, 0.1) is 0 Å². The topological polar surface area (TPSA) is 50.8 Å². The third-order valence-corrected chi connectivity index (χ3v) is 4.94. The molecule has 1 N–H and O–H groups in total. The second-order valence-corrected chi connectivity index (χ2v) is 6.64. The lowest BCUT2D eigenvalue weighted by molar-refractivity contribution is 0.0984. The number of hydrogen-bond acceptors (Lipinski definition) is 4. The Hall–Kier alpha value is -3.47. The first-order valence-corrected chi connectivity index (χ1v) is 9.15. The molecule has 1 aliphatic heterocycles. The van der Waals surface area contributed by atoms with Gasteiger partial charge in [0.25, 0.3) is 5.91 Å². The minimum Gasteiger partial charge on any atom is -0.497 e. The van der Waals surface area contributed by atoms with Gasteiger partial charge < -0.3 is 19.7 Å². The lowest BCUT2D eigenvalue weighted by Gasteiger charge is -2.36. The van der Waals surface area contributed by atoms with Gasteiger partial charge in [-0.25, -0.2) is 0 Å². The summed E-state index contributed by atoms with van der Waals surface area (Å²) < 4.78 is 10.7. The number of nitrogens with zero attached hydrogens (tertiary/aromatic N) is 1. The molecule has 1 unspecified atom stereocenters. The maximum absolute atomic E-state index is 13.5. The first-order chi connectivity index (χ1) is 13.7. The Balaban J connectivity index is 1.74. The van der Waals surface area contributed by atoms with Gasteiger partial charge in [-0.1, -0.05) is 42.5 Å². The fraction of sp³-hybridized carbons (Fsp3) is 0.174. The molecule has 5 nitrogen and oxygen atoms in total. The molecule has 3 aromatic carbocycles. The summed E-state index contributed by atoms with van der Waals surface area (Å²) in [4.78, 5) is 15.3. The highest BCUT2D eigenvalue weighted by molar-refractivity contribution is 6.08. The van der Waals surface area contributed by atoms with E-state index in [0.29, 0.717) is 23.6 Å². The molecule has 1 heterocycles. The van der Waals surface area contributed by atoms with Crippen molar-refractivity contribution in [3.05, 3.63) is 83.9 Å². The number of para-hydroxylation sites is 2. The lowest BCUT2D eigenvalue weighted by Crippen LogP contribution is -2.40. The van der Waals surface area contributed by atoms with E-state index in [1.165, 1.54) is 0 Å². The summed E-state index contributed by atoms with van der Waals surface area (Å²) in [6, 6.07) is 23.3. The number of benzene rings is 3. The van der Waals surface area contributed by atoms with E-state index in [2.05, 4.69) is 17.4 Å². The fourth-order valence-corrected chi connectivity index (χ4v) is 3.50. The van der Waals surface area contributed by atoms with Crippen molar-refractivity contribution in [1.29, 1.82) is 0 Å². The van der Waals surface area contributed by atoms with Gasteiger partial charge in [-0.15, -0.1) is 0 Å². The molecule has 1 amide bonds. The Morgan fingerprint density at radius 3 is 2.25 bits per heavy atom. The molecule has 0 saturated carbocycles. The molecule has 4 rings (SSSR count). The standard InChI is InChI=1S/C23H22N2O3/c1-27-18-12-17(13-19(14-18)28-2)23(26)25-15-21(16-8-4-3-5-9-16)24-20-10-6-7-11-22(20)25/h3-14,21,24H,15H2,1-2H3. The number of fused-ring (bicyclic) bond motifs is 1. The quantitative estimate of drug-likeness (QED) is 0.730. The van der Waals surface area contributed by atoms with Crippen LogP contribution in [-0.4, -0.2) is 26.7 Å². The van der Waals surface area contributed by atoms with Crippen molar-refractivity contribution in [2.24, 2.45) is 0 Å². The summed E-state index contributed by atoms with van der Waals surface area (Å²) in [6.45, 7) is 0.527. The zero-order valence-electron chi connectivity index (χ0n) is 15.9. The number of carbonyl (C=O) groups is 1. The van der Waals surface area contributed by atoms with Crippen molar-refractivity contribution in [1.82, 2.24) is 0 Å². The normalized spacial score (nSPS) is 15.4. The summed E-state index contributed by atoms with van der Waals surface area (Å²) in [5, 5.41) is 3.55. The first kappa shape index (κ1) is 17.9. The Kier molecular flexibility index (Phi) is 4.89. The van der Waals surface area contributed by atoms with Gasteiger partial charge in [0, 0.05) is 11.6 Å². The van der Waals surface area contributed by atoms with Crippen molar-refractivity contribution < 1.29 is 14.3 Å². The van der Waals surface area contributed by atoms with Gasteiger partial charge in [-0.3, -0.25) is 4.79 Å². The second kappa shape index (κ2) is 7.64. The predicted octanol–water partition coefficient (Wildman–Crippen LogP) is 4.52. The smallest absolute Gasteiger partial charge is 0.258 e. The molecule has 142 valence electrons. The van der Waals surface area contributed by atoms with E-state index in [1.807, 2.05) is 47.4 Å². The first-order valence-electron chi connectivity index (χ1n) is 9.15. The third kappa shape index (κ3) is 3.39. The van der Waals surface area contributed by atoms with Gasteiger partial charge in [-0.2, -0.15) is 0 Å².